The second-order valence-electron chi connectivity index (χ2n) is 8.29. The van der Waals surface area contributed by atoms with Gasteiger partial charge in [0.25, 0.3) is 0 Å². The van der Waals surface area contributed by atoms with Crippen molar-refractivity contribution in [3.63, 3.8) is 0 Å². The molecule has 28 heavy (non-hydrogen) atoms. The highest BCUT2D eigenvalue weighted by atomic mass is 16.5. The third kappa shape index (κ3) is 5.02. The number of hydrogen-bond donors (Lipinski definition) is 0. The first kappa shape index (κ1) is 20.6. The fourth-order valence-electron chi connectivity index (χ4n) is 4.24. The molecule has 2 aliphatic heterocycles. The second kappa shape index (κ2) is 8.91. The van der Waals surface area contributed by atoms with Crippen LogP contribution in [0.5, 0.6) is 0 Å². The summed E-state index contributed by atoms with van der Waals surface area (Å²) in [7, 11) is 0. The van der Waals surface area contributed by atoms with E-state index in [4.69, 9.17) is 4.74 Å². The summed E-state index contributed by atoms with van der Waals surface area (Å²) in [4.78, 5) is 29.2. The Hall–Kier alpha value is -2.14. The van der Waals surface area contributed by atoms with Crippen LogP contribution in [-0.2, 0) is 14.3 Å². The van der Waals surface area contributed by atoms with Gasteiger partial charge in [-0.25, -0.2) is 0 Å². The van der Waals surface area contributed by atoms with Crippen molar-refractivity contribution in [2.24, 2.45) is 5.92 Å². The van der Waals surface area contributed by atoms with Crippen LogP contribution in [0.25, 0.3) is 6.08 Å². The number of carbonyl (C=O) groups is 2. The Morgan fingerprint density at radius 3 is 2.29 bits per heavy atom. The molecule has 5 heteroatoms. The number of aryl methyl sites for hydroxylation is 2. The Labute approximate surface area is 168 Å². The van der Waals surface area contributed by atoms with Gasteiger partial charge in [-0.05, 0) is 57.7 Å². The number of carbonyl (C=O) groups excluding carboxylic acids is 2. The van der Waals surface area contributed by atoms with Crippen LogP contribution < -0.4 is 0 Å². The van der Waals surface area contributed by atoms with Crippen LogP contribution in [0.3, 0.4) is 0 Å². The van der Waals surface area contributed by atoms with Gasteiger partial charge >= 0.3 is 0 Å². The quantitative estimate of drug-likeness (QED) is 0.752. The summed E-state index contributed by atoms with van der Waals surface area (Å²) >= 11 is 0. The van der Waals surface area contributed by atoms with E-state index in [2.05, 4.69) is 26.0 Å². The average Bonchev–Trinajstić information content (AvgIpc) is 2.66. The average molecular weight is 385 g/mol. The highest BCUT2D eigenvalue weighted by molar-refractivity contribution is 5.92. The van der Waals surface area contributed by atoms with E-state index in [9.17, 15) is 9.59 Å². The van der Waals surface area contributed by atoms with Crippen LogP contribution in [0.2, 0.25) is 0 Å². The number of nitrogens with zero attached hydrogens (tertiary/aromatic N) is 2. The lowest BCUT2D eigenvalue weighted by Crippen LogP contribution is -2.51. The van der Waals surface area contributed by atoms with E-state index in [0.717, 1.165) is 18.4 Å². The Kier molecular flexibility index (Phi) is 6.55. The van der Waals surface area contributed by atoms with Crippen molar-refractivity contribution in [1.82, 2.24) is 9.80 Å². The molecule has 0 radical (unpaired) electrons. The fourth-order valence-corrected chi connectivity index (χ4v) is 4.24. The topological polar surface area (TPSA) is 49.9 Å². The van der Waals surface area contributed by atoms with Crippen LogP contribution >= 0.6 is 0 Å². The molecule has 2 heterocycles. The van der Waals surface area contributed by atoms with Gasteiger partial charge in [0.05, 0.1) is 12.2 Å². The van der Waals surface area contributed by atoms with Gasteiger partial charge in [0.2, 0.25) is 11.8 Å². The number of amides is 2. The summed E-state index contributed by atoms with van der Waals surface area (Å²) in [5.74, 6) is 0.268. The zero-order valence-corrected chi connectivity index (χ0v) is 17.5. The molecule has 1 aromatic rings. The molecule has 0 aliphatic carbocycles. The summed E-state index contributed by atoms with van der Waals surface area (Å²) in [6, 6.07) is 6.22. The Bertz CT molecular complexity index is 740. The lowest BCUT2D eigenvalue weighted by Gasteiger charge is -2.39. The molecule has 2 unspecified atom stereocenters. The van der Waals surface area contributed by atoms with Crippen molar-refractivity contribution in [2.75, 3.05) is 26.2 Å². The van der Waals surface area contributed by atoms with Gasteiger partial charge in [-0.1, -0.05) is 23.8 Å². The molecule has 3 rings (SSSR count). The van der Waals surface area contributed by atoms with Gasteiger partial charge in [0.1, 0.15) is 0 Å². The molecule has 5 nitrogen and oxygen atoms in total. The Balaban J connectivity index is 1.52. The van der Waals surface area contributed by atoms with Crippen LogP contribution in [0, 0.1) is 19.8 Å². The zero-order valence-electron chi connectivity index (χ0n) is 17.5. The predicted octanol–water partition coefficient (Wildman–Crippen LogP) is 3.19. The minimum Gasteiger partial charge on any atom is -0.372 e. The monoisotopic (exact) mass is 384 g/mol. The van der Waals surface area contributed by atoms with Gasteiger partial charge in [0.15, 0.2) is 0 Å². The number of ether oxygens (including phenoxy) is 1. The molecule has 2 aliphatic rings. The maximum absolute atomic E-state index is 12.8. The highest BCUT2D eigenvalue weighted by Crippen LogP contribution is 2.22. The van der Waals surface area contributed by atoms with Gasteiger partial charge < -0.3 is 14.5 Å². The molecule has 0 bridgehead atoms. The minimum atomic E-state index is 0.0184. The Morgan fingerprint density at radius 2 is 1.68 bits per heavy atom. The van der Waals surface area contributed by atoms with E-state index in [1.807, 2.05) is 35.8 Å². The lowest BCUT2D eigenvalue weighted by molar-refractivity contribution is -0.149. The molecule has 1 aromatic carbocycles. The van der Waals surface area contributed by atoms with Crippen LogP contribution in [0.1, 0.15) is 43.4 Å². The number of benzene rings is 1. The number of piperidine rings is 1. The van der Waals surface area contributed by atoms with Crippen molar-refractivity contribution in [3.05, 3.63) is 41.0 Å². The van der Waals surface area contributed by atoms with E-state index in [0.29, 0.717) is 26.2 Å². The molecule has 0 aromatic heterocycles. The third-order valence-corrected chi connectivity index (χ3v) is 5.72. The first-order valence-corrected chi connectivity index (χ1v) is 10.3. The summed E-state index contributed by atoms with van der Waals surface area (Å²) < 4.78 is 5.73. The second-order valence-corrected chi connectivity index (χ2v) is 8.29. The number of morpholine rings is 1. The molecule has 2 saturated heterocycles. The van der Waals surface area contributed by atoms with E-state index < -0.39 is 0 Å². The molecule has 0 spiro atoms. The predicted molar refractivity (Wildman–Crippen MR) is 111 cm³/mol. The first-order valence-electron chi connectivity index (χ1n) is 10.3. The molecule has 2 fully saturated rings. The summed E-state index contributed by atoms with van der Waals surface area (Å²) in [5, 5.41) is 0. The molecule has 0 saturated carbocycles. The largest absolute Gasteiger partial charge is 0.372 e. The van der Waals surface area contributed by atoms with E-state index in [1.165, 1.54) is 11.1 Å². The molecular weight excluding hydrogens is 352 g/mol. The molecule has 0 N–H and O–H groups in total. The molecule has 2 amide bonds. The summed E-state index contributed by atoms with van der Waals surface area (Å²) in [6.07, 6.45) is 5.20. The van der Waals surface area contributed by atoms with Gasteiger partial charge in [-0.3, -0.25) is 9.59 Å². The van der Waals surface area contributed by atoms with Crippen molar-refractivity contribution >= 4 is 17.9 Å². The Morgan fingerprint density at radius 1 is 1.04 bits per heavy atom. The number of likely N-dealkylation sites (tertiary alicyclic amines) is 1. The highest BCUT2D eigenvalue weighted by Gasteiger charge is 2.33. The van der Waals surface area contributed by atoms with Crippen molar-refractivity contribution < 1.29 is 14.3 Å². The van der Waals surface area contributed by atoms with Gasteiger partial charge in [-0.15, -0.1) is 0 Å². The maximum atomic E-state index is 12.8. The third-order valence-electron chi connectivity index (χ3n) is 5.72. The number of rotatable bonds is 3. The maximum Gasteiger partial charge on any atom is 0.246 e. The zero-order chi connectivity index (χ0) is 20.3. The number of hydrogen-bond acceptors (Lipinski definition) is 3. The van der Waals surface area contributed by atoms with Gasteiger partial charge in [-0.2, -0.15) is 0 Å². The smallest absolute Gasteiger partial charge is 0.246 e. The molecule has 2 atom stereocenters. The lowest BCUT2D eigenvalue weighted by atomic mass is 9.94. The van der Waals surface area contributed by atoms with Crippen LogP contribution in [0.4, 0.5) is 0 Å². The SMILES string of the molecule is Cc1ccc(/C=C/C(=O)N2CCC(C(=O)N3CC(C)OC(C)C3)CC2)c(C)c1. The van der Waals surface area contributed by atoms with E-state index in [1.54, 1.807) is 6.08 Å². The standard InChI is InChI=1S/C23H32N2O3/c1-16-5-6-20(17(2)13-16)7-8-22(26)24-11-9-21(10-12-24)23(27)25-14-18(3)28-19(4)15-25/h5-8,13,18-19,21H,9-12,14-15H2,1-4H3/b8-7+. The molecule has 152 valence electrons. The summed E-state index contributed by atoms with van der Waals surface area (Å²) in [5.41, 5.74) is 3.46. The van der Waals surface area contributed by atoms with Crippen LogP contribution in [0.15, 0.2) is 24.3 Å². The fraction of sp³-hybridized carbons (Fsp3) is 0.565. The van der Waals surface area contributed by atoms with E-state index >= 15 is 0 Å². The van der Waals surface area contributed by atoms with Crippen molar-refractivity contribution in [3.8, 4) is 0 Å². The van der Waals surface area contributed by atoms with Crippen molar-refractivity contribution in [1.29, 1.82) is 0 Å². The normalized spacial score (nSPS) is 24.0. The minimum absolute atomic E-state index is 0.0184. The van der Waals surface area contributed by atoms with Gasteiger partial charge in [0, 0.05) is 38.2 Å². The van der Waals surface area contributed by atoms with Crippen LogP contribution in [-0.4, -0.2) is 60.0 Å². The molecular formula is C23H32N2O3. The first-order chi connectivity index (χ1) is 13.3. The van der Waals surface area contributed by atoms with Crippen molar-refractivity contribution in [2.45, 2.75) is 52.7 Å². The summed E-state index contributed by atoms with van der Waals surface area (Å²) in [6.45, 7) is 10.8. The van der Waals surface area contributed by atoms with E-state index in [-0.39, 0.29) is 29.9 Å².